The minimum absolute atomic E-state index is 0.0997. The van der Waals surface area contributed by atoms with Crippen molar-refractivity contribution in [2.75, 3.05) is 19.0 Å². The van der Waals surface area contributed by atoms with Crippen molar-refractivity contribution in [3.05, 3.63) is 47.5 Å². The molecule has 0 aliphatic heterocycles. The molecule has 6 nitrogen and oxygen atoms in total. The van der Waals surface area contributed by atoms with Crippen LogP contribution in [0.4, 0.5) is 0 Å². The first-order valence-electron chi connectivity index (χ1n) is 9.27. The van der Waals surface area contributed by atoms with Crippen LogP contribution in [0.3, 0.4) is 0 Å². The molecule has 0 heterocycles. The van der Waals surface area contributed by atoms with Crippen LogP contribution in [-0.2, 0) is 24.9 Å². The number of carbonyl (C=O) groups excluding carboxylic acids is 2. The number of carbonyl (C=O) groups is 3. The summed E-state index contributed by atoms with van der Waals surface area (Å²) >= 11 is 1.31. The van der Waals surface area contributed by atoms with E-state index in [1.54, 1.807) is 31.2 Å². The molecule has 0 radical (unpaired) electrons. The summed E-state index contributed by atoms with van der Waals surface area (Å²) in [6, 6.07) is 7.05. The van der Waals surface area contributed by atoms with Crippen LogP contribution in [0, 0.1) is 5.92 Å². The van der Waals surface area contributed by atoms with E-state index in [4.69, 9.17) is 8.92 Å². The predicted molar refractivity (Wildman–Crippen MR) is 109 cm³/mol. The average Bonchev–Trinajstić information content (AvgIpc) is 2.66. The quantitative estimate of drug-likeness (QED) is 0.163. The van der Waals surface area contributed by atoms with E-state index in [0.717, 1.165) is 5.56 Å². The van der Waals surface area contributed by atoms with E-state index < -0.39 is 17.9 Å². The van der Waals surface area contributed by atoms with E-state index in [9.17, 15) is 19.5 Å². The van der Waals surface area contributed by atoms with Crippen molar-refractivity contribution < 1.29 is 28.4 Å². The number of rotatable bonds is 14. The van der Waals surface area contributed by atoms with E-state index in [0.29, 0.717) is 42.8 Å². The lowest BCUT2D eigenvalue weighted by Gasteiger charge is -2.12. The number of Topliss-reactive ketones (excluding diaryl/α,β-unsaturated/α-hetero) is 1. The molecule has 28 heavy (non-hydrogen) atoms. The third-order valence-electron chi connectivity index (χ3n) is 4.00. The van der Waals surface area contributed by atoms with Crippen LogP contribution in [0.5, 0.6) is 0 Å². The minimum Gasteiger partial charge on any atom is -0.481 e. The van der Waals surface area contributed by atoms with Crippen molar-refractivity contribution in [3.8, 4) is 0 Å². The van der Waals surface area contributed by atoms with Gasteiger partial charge in [-0.15, -0.1) is 0 Å². The first-order valence-corrected chi connectivity index (χ1v) is 10.2. The molecule has 0 saturated carbocycles. The maximum absolute atomic E-state index is 11.9. The summed E-state index contributed by atoms with van der Waals surface area (Å²) < 4.78 is 10.3. The zero-order valence-corrected chi connectivity index (χ0v) is 17.3. The molecule has 7 heteroatoms. The Morgan fingerprint density at radius 2 is 1.89 bits per heavy atom. The molecule has 0 aliphatic carbocycles. The van der Waals surface area contributed by atoms with Gasteiger partial charge in [0, 0.05) is 17.7 Å². The Kier molecular flexibility index (Phi) is 11.2. The van der Waals surface area contributed by atoms with Gasteiger partial charge >= 0.3 is 11.9 Å². The SMILES string of the molecule is C=C(C)C(=O)c1ccc(CCOC(=O)CC(CCCSOCC)C(=O)O)cc1. The predicted octanol–water partition coefficient (Wildman–Crippen LogP) is 4.09. The van der Waals surface area contributed by atoms with Gasteiger partial charge in [0.1, 0.15) is 0 Å². The van der Waals surface area contributed by atoms with Crippen molar-refractivity contribution >= 4 is 29.8 Å². The molecule has 0 saturated heterocycles. The molecule has 1 unspecified atom stereocenters. The Morgan fingerprint density at radius 1 is 1.21 bits per heavy atom. The third-order valence-corrected chi connectivity index (χ3v) is 4.86. The normalized spacial score (nSPS) is 11.6. The summed E-state index contributed by atoms with van der Waals surface area (Å²) in [7, 11) is 0. The number of allylic oxidation sites excluding steroid dienone is 1. The molecule has 0 amide bonds. The van der Waals surface area contributed by atoms with Gasteiger partial charge in [-0.25, -0.2) is 0 Å². The lowest BCUT2D eigenvalue weighted by Crippen LogP contribution is -2.20. The molecule has 1 atom stereocenters. The second-order valence-corrected chi connectivity index (χ2v) is 7.27. The second kappa shape index (κ2) is 13.1. The third kappa shape index (κ3) is 9.19. The van der Waals surface area contributed by atoms with Crippen molar-refractivity contribution in [1.29, 1.82) is 0 Å². The van der Waals surface area contributed by atoms with Gasteiger partial charge in [-0.2, -0.15) is 0 Å². The number of aliphatic carboxylic acids is 1. The zero-order chi connectivity index (χ0) is 20.9. The molecule has 0 spiro atoms. The van der Waals surface area contributed by atoms with Crippen molar-refractivity contribution in [1.82, 2.24) is 0 Å². The molecule has 0 aliphatic rings. The van der Waals surface area contributed by atoms with Crippen LogP contribution < -0.4 is 0 Å². The Bertz CT molecular complexity index is 668. The minimum atomic E-state index is -0.990. The monoisotopic (exact) mass is 408 g/mol. The number of carboxylic acid groups (broad SMARTS) is 1. The Labute approximate surface area is 170 Å². The number of hydrogen-bond acceptors (Lipinski definition) is 6. The summed E-state index contributed by atoms with van der Waals surface area (Å²) in [6.07, 6.45) is 1.42. The summed E-state index contributed by atoms with van der Waals surface area (Å²) in [5.41, 5.74) is 1.97. The summed E-state index contributed by atoms with van der Waals surface area (Å²) in [6.45, 7) is 7.96. The zero-order valence-electron chi connectivity index (χ0n) is 16.4. The van der Waals surface area contributed by atoms with Crippen molar-refractivity contribution in [2.45, 2.75) is 39.5 Å². The van der Waals surface area contributed by atoms with E-state index in [1.165, 1.54) is 12.0 Å². The van der Waals surface area contributed by atoms with Crippen LogP contribution in [0.1, 0.15) is 49.0 Å². The highest BCUT2D eigenvalue weighted by atomic mass is 32.2. The largest absolute Gasteiger partial charge is 0.481 e. The van der Waals surface area contributed by atoms with Gasteiger partial charge in [0.15, 0.2) is 5.78 Å². The molecular formula is C21H28O6S. The van der Waals surface area contributed by atoms with Crippen LogP contribution in [0.25, 0.3) is 0 Å². The lowest BCUT2D eigenvalue weighted by molar-refractivity contribution is -0.151. The smallest absolute Gasteiger partial charge is 0.307 e. The topological polar surface area (TPSA) is 89.9 Å². The highest BCUT2D eigenvalue weighted by Crippen LogP contribution is 2.16. The first-order chi connectivity index (χ1) is 13.3. The molecule has 154 valence electrons. The van der Waals surface area contributed by atoms with Crippen LogP contribution in [-0.4, -0.2) is 41.8 Å². The molecule has 0 bridgehead atoms. The fourth-order valence-electron chi connectivity index (χ4n) is 2.46. The molecule has 0 aromatic heterocycles. The fraction of sp³-hybridized carbons (Fsp3) is 0.476. The van der Waals surface area contributed by atoms with Gasteiger partial charge in [0.05, 0.1) is 25.6 Å². The van der Waals surface area contributed by atoms with Gasteiger partial charge in [-0.3, -0.25) is 14.4 Å². The Balaban J connectivity index is 2.36. The number of carboxylic acids is 1. The molecule has 1 rings (SSSR count). The number of hydrogen-bond donors (Lipinski definition) is 1. The standard InChI is InChI=1S/C21H28O6S/c1-4-27-28-13-5-6-18(21(24)25)14-19(22)26-12-11-16-7-9-17(10-8-16)20(23)15(2)3/h7-10,18H,2,4-6,11-14H2,1,3H3,(H,24,25). The van der Waals surface area contributed by atoms with E-state index in [1.807, 2.05) is 6.92 Å². The molecule has 0 fully saturated rings. The highest BCUT2D eigenvalue weighted by molar-refractivity contribution is 7.94. The van der Waals surface area contributed by atoms with E-state index in [2.05, 4.69) is 6.58 Å². The van der Waals surface area contributed by atoms with Crippen molar-refractivity contribution in [3.63, 3.8) is 0 Å². The summed E-state index contributed by atoms with van der Waals surface area (Å²) in [5.74, 6) is -1.66. The number of ketones is 1. The van der Waals surface area contributed by atoms with Gasteiger partial charge < -0.3 is 14.0 Å². The molecule has 1 aromatic carbocycles. The second-order valence-electron chi connectivity index (χ2n) is 6.39. The van der Waals surface area contributed by atoms with Crippen molar-refractivity contribution in [2.24, 2.45) is 5.92 Å². The summed E-state index contributed by atoms with van der Waals surface area (Å²) in [5, 5.41) is 9.26. The van der Waals surface area contributed by atoms with Crippen LogP contribution in [0.2, 0.25) is 0 Å². The Morgan fingerprint density at radius 3 is 2.46 bits per heavy atom. The van der Waals surface area contributed by atoms with Crippen LogP contribution in [0.15, 0.2) is 36.4 Å². The van der Waals surface area contributed by atoms with Gasteiger partial charge in [0.2, 0.25) is 0 Å². The van der Waals surface area contributed by atoms with Gasteiger partial charge in [-0.1, -0.05) is 30.8 Å². The Hall–Kier alpha value is -2.12. The number of benzene rings is 1. The lowest BCUT2D eigenvalue weighted by atomic mass is 10.0. The maximum Gasteiger partial charge on any atom is 0.307 e. The van der Waals surface area contributed by atoms with Gasteiger partial charge in [-0.05, 0) is 49.9 Å². The average molecular weight is 409 g/mol. The highest BCUT2D eigenvalue weighted by Gasteiger charge is 2.21. The maximum atomic E-state index is 11.9. The molecule has 1 N–H and O–H groups in total. The van der Waals surface area contributed by atoms with Crippen LogP contribution >= 0.6 is 12.0 Å². The van der Waals surface area contributed by atoms with E-state index >= 15 is 0 Å². The van der Waals surface area contributed by atoms with Gasteiger partial charge in [0.25, 0.3) is 0 Å². The number of ether oxygens (including phenoxy) is 1. The molecule has 1 aromatic rings. The molecular weight excluding hydrogens is 380 g/mol. The number of esters is 1. The summed E-state index contributed by atoms with van der Waals surface area (Å²) in [4.78, 5) is 35.1. The van der Waals surface area contributed by atoms with E-state index in [-0.39, 0.29) is 18.8 Å². The fourth-order valence-corrected chi connectivity index (χ4v) is 3.02. The first kappa shape index (κ1) is 23.9.